The van der Waals surface area contributed by atoms with Crippen LogP contribution < -0.4 is 10.6 Å². The topological polar surface area (TPSA) is 49.8 Å². The first-order valence-corrected chi connectivity index (χ1v) is 8.59. The molecule has 4 nitrogen and oxygen atoms in total. The number of nitrogens with one attached hydrogen (secondary N) is 2. The molecule has 2 unspecified atom stereocenters. The lowest BCUT2D eigenvalue weighted by molar-refractivity contribution is 0.546. The summed E-state index contributed by atoms with van der Waals surface area (Å²) < 4.78 is 0. The minimum Gasteiger partial charge on any atom is -0.373 e. The van der Waals surface area contributed by atoms with Gasteiger partial charge >= 0.3 is 0 Å². The SMILES string of the molecule is CNc1cc(NC2CCCC2SC)nc(C(C)(C)C)n1. The Labute approximate surface area is 126 Å². The molecule has 0 aromatic carbocycles. The minimum atomic E-state index is -0.0438. The molecule has 0 amide bonds. The minimum absolute atomic E-state index is 0.0438. The van der Waals surface area contributed by atoms with Crippen LogP contribution in [0.15, 0.2) is 6.07 Å². The zero-order valence-electron chi connectivity index (χ0n) is 13.2. The molecule has 1 fully saturated rings. The van der Waals surface area contributed by atoms with Crippen molar-refractivity contribution in [2.45, 2.75) is 56.7 Å². The maximum atomic E-state index is 4.71. The number of aromatic nitrogens is 2. The Kier molecular flexibility index (Phi) is 4.78. The standard InChI is InChI=1S/C15H26N4S/c1-15(2,3)14-18-12(16-4)9-13(19-14)17-10-7-6-8-11(10)20-5/h9-11H,6-8H2,1-5H3,(H2,16,17,18,19). The van der Waals surface area contributed by atoms with Gasteiger partial charge in [0.25, 0.3) is 0 Å². The van der Waals surface area contributed by atoms with E-state index >= 15 is 0 Å². The van der Waals surface area contributed by atoms with Crippen LogP contribution in [0.2, 0.25) is 0 Å². The predicted octanol–water partition coefficient (Wildman–Crippen LogP) is 3.51. The van der Waals surface area contributed by atoms with E-state index in [4.69, 9.17) is 4.98 Å². The van der Waals surface area contributed by atoms with Crippen LogP contribution in [0.3, 0.4) is 0 Å². The van der Waals surface area contributed by atoms with Gasteiger partial charge in [-0.15, -0.1) is 0 Å². The van der Waals surface area contributed by atoms with Crippen LogP contribution >= 0.6 is 11.8 Å². The Balaban J connectivity index is 2.22. The molecule has 112 valence electrons. The van der Waals surface area contributed by atoms with Gasteiger partial charge in [0.2, 0.25) is 0 Å². The first kappa shape index (κ1) is 15.4. The van der Waals surface area contributed by atoms with Gasteiger partial charge in [-0.2, -0.15) is 11.8 Å². The maximum absolute atomic E-state index is 4.71. The van der Waals surface area contributed by atoms with E-state index in [1.54, 1.807) is 0 Å². The van der Waals surface area contributed by atoms with Crippen LogP contribution in [0.1, 0.15) is 45.9 Å². The molecule has 20 heavy (non-hydrogen) atoms. The lowest BCUT2D eigenvalue weighted by Crippen LogP contribution is -2.27. The summed E-state index contributed by atoms with van der Waals surface area (Å²) in [4.78, 5) is 9.28. The number of hydrogen-bond donors (Lipinski definition) is 2. The van der Waals surface area contributed by atoms with Crippen LogP contribution in [0.4, 0.5) is 11.6 Å². The van der Waals surface area contributed by atoms with Gasteiger partial charge in [0, 0.05) is 29.8 Å². The second kappa shape index (κ2) is 6.20. The van der Waals surface area contributed by atoms with E-state index in [0.717, 1.165) is 17.5 Å². The van der Waals surface area contributed by atoms with Crippen molar-refractivity contribution in [2.24, 2.45) is 0 Å². The molecule has 5 heteroatoms. The molecule has 2 atom stereocenters. The smallest absolute Gasteiger partial charge is 0.138 e. The summed E-state index contributed by atoms with van der Waals surface area (Å²) in [5.41, 5.74) is -0.0438. The summed E-state index contributed by atoms with van der Waals surface area (Å²) >= 11 is 1.96. The zero-order valence-corrected chi connectivity index (χ0v) is 14.0. The Hall–Kier alpha value is -0.970. The fourth-order valence-electron chi connectivity index (χ4n) is 2.55. The Morgan fingerprint density at radius 2 is 1.90 bits per heavy atom. The molecule has 2 N–H and O–H groups in total. The van der Waals surface area contributed by atoms with Crippen molar-refractivity contribution in [1.29, 1.82) is 0 Å². The van der Waals surface area contributed by atoms with E-state index in [9.17, 15) is 0 Å². The summed E-state index contributed by atoms with van der Waals surface area (Å²) in [5.74, 6) is 2.71. The highest BCUT2D eigenvalue weighted by atomic mass is 32.2. The maximum Gasteiger partial charge on any atom is 0.138 e. The van der Waals surface area contributed by atoms with Crippen molar-refractivity contribution < 1.29 is 0 Å². The quantitative estimate of drug-likeness (QED) is 0.890. The van der Waals surface area contributed by atoms with Gasteiger partial charge in [-0.05, 0) is 19.1 Å². The lowest BCUT2D eigenvalue weighted by atomic mass is 9.96. The third-order valence-electron chi connectivity index (χ3n) is 3.74. The van der Waals surface area contributed by atoms with Crippen LogP contribution in [0, 0.1) is 0 Å². The van der Waals surface area contributed by atoms with Crippen molar-refractivity contribution in [3.8, 4) is 0 Å². The van der Waals surface area contributed by atoms with Crippen molar-refractivity contribution in [3.63, 3.8) is 0 Å². The van der Waals surface area contributed by atoms with Crippen LogP contribution in [0.5, 0.6) is 0 Å². The van der Waals surface area contributed by atoms with Crippen LogP contribution in [0.25, 0.3) is 0 Å². The first-order valence-electron chi connectivity index (χ1n) is 7.30. The second-order valence-electron chi connectivity index (χ2n) is 6.42. The van der Waals surface area contributed by atoms with Gasteiger partial charge in [-0.1, -0.05) is 27.2 Å². The normalized spacial score (nSPS) is 22.9. The lowest BCUT2D eigenvalue weighted by Gasteiger charge is -2.23. The molecular weight excluding hydrogens is 268 g/mol. The largest absolute Gasteiger partial charge is 0.373 e. The average molecular weight is 294 g/mol. The third-order valence-corrected chi connectivity index (χ3v) is 4.91. The molecule has 0 aliphatic heterocycles. The Morgan fingerprint density at radius 3 is 2.50 bits per heavy atom. The van der Waals surface area contributed by atoms with E-state index in [1.165, 1.54) is 19.3 Å². The van der Waals surface area contributed by atoms with Gasteiger partial charge < -0.3 is 10.6 Å². The monoisotopic (exact) mass is 294 g/mol. The fourth-order valence-corrected chi connectivity index (χ4v) is 3.48. The molecule has 1 aliphatic carbocycles. The van der Waals surface area contributed by atoms with E-state index < -0.39 is 0 Å². The summed E-state index contributed by atoms with van der Waals surface area (Å²) in [6.07, 6.45) is 6.04. The molecular formula is C15H26N4S. The van der Waals surface area contributed by atoms with Gasteiger partial charge in [0.15, 0.2) is 0 Å². The van der Waals surface area contributed by atoms with E-state index in [-0.39, 0.29) is 5.41 Å². The van der Waals surface area contributed by atoms with E-state index in [2.05, 4.69) is 42.6 Å². The van der Waals surface area contributed by atoms with Crippen molar-refractivity contribution in [3.05, 3.63) is 11.9 Å². The Bertz CT molecular complexity index is 456. The number of anilines is 2. The number of rotatable bonds is 4. The van der Waals surface area contributed by atoms with Crippen LogP contribution in [-0.4, -0.2) is 34.6 Å². The highest BCUT2D eigenvalue weighted by Gasteiger charge is 2.27. The molecule has 0 radical (unpaired) electrons. The van der Waals surface area contributed by atoms with E-state index in [0.29, 0.717) is 11.3 Å². The molecule has 1 aromatic rings. The molecule has 1 aliphatic rings. The van der Waals surface area contributed by atoms with Gasteiger partial charge in [-0.3, -0.25) is 0 Å². The van der Waals surface area contributed by atoms with Crippen molar-refractivity contribution >= 4 is 23.4 Å². The second-order valence-corrected chi connectivity index (χ2v) is 7.49. The van der Waals surface area contributed by atoms with E-state index in [1.807, 2.05) is 24.9 Å². The number of thioether (sulfide) groups is 1. The average Bonchev–Trinajstić information content (AvgIpc) is 2.84. The van der Waals surface area contributed by atoms with Crippen LogP contribution in [-0.2, 0) is 5.41 Å². The Morgan fingerprint density at radius 1 is 1.20 bits per heavy atom. The zero-order chi connectivity index (χ0) is 14.8. The van der Waals surface area contributed by atoms with Gasteiger partial charge in [0.05, 0.1) is 0 Å². The molecule has 0 saturated heterocycles. The predicted molar refractivity (Wildman–Crippen MR) is 88.8 cm³/mol. The third kappa shape index (κ3) is 3.57. The first-order chi connectivity index (χ1) is 9.44. The highest BCUT2D eigenvalue weighted by Crippen LogP contribution is 2.31. The summed E-state index contributed by atoms with van der Waals surface area (Å²) in [6, 6.07) is 2.53. The summed E-state index contributed by atoms with van der Waals surface area (Å²) in [5, 5.41) is 7.45. The number of hydrogen-bond acceptors (Lipinski definition) is 5. The highest BCUT2D eigenvalue weighted by molar-refractivity contribution is 7.99. The fraction of sp³-hybridized carbons (Fsp3) is 0.733. The molecule has 1 aromatic heterocycles. The van der Waals surface area contributed by atoms with Gasteiger partial charge in [0.1, 0.15) is 17.5 Å². The molecule has 0 bridgehead atoms. The molecule has 1 heterocycles. The van der Waals surface area contributed by atoms with Crippen molar-refractivity contribution in [2.75, 3.05) is 23.9 Å². The molecule has 2 rings (SSSR count). The van der Waals surface area contributed by atoms with Gasteiger partial charge in [-0.25, -0.2) is 9.97 Å². The molecule has 1 saturated carbocycles. The summed E-state index contributed by atoms with van der Waals surface area (Å²) in [6.45, 7) is 6.43. The van der Waals surface area contributed by atoms with Crippen molar-refractivity contribution in [1.82, 2.24) is 9.97 Å². The summed E-state index contributed by atoms with van der Waals surface area (Å²) in [7, 11) is 1.90. The number of nitrogens with zero attached hydrogens (tertiary/aromatic N) is 2. The molecule has 0 spiro atoms.